The molecule has 0 aliphatic carbocycles. The largest absolute Gasteiger partial charge is 0.480 e. The van der Waals surface area contributed by atoms with Crippen LogP contribution in [0.5, 0.6) is 0 Å². The summed E-state index contributed by atoms with van der Waals surface area (Å²) in [6.45, 7) is 4.61. The lowest BCUT2D eigenvalue weighted by atomic mass is 10.1. The zero-order valence-corrected chi connectivity index (χ0v) is 10.8. The van der Waals surface area contributed by atoms with Crippen molar-refractivity contribution < 1.29 is 14.7 Å². The summed E-state index contributed by atoms with van der Waals surface area (Å²) in [5, 5.41) is 11.6. The number of amides is 1. The molecule has 1 rings (SSSR count). The lowest BCUT2D eigenvalue weighted by Crippen LogP contribution is -2.41. The predicted octanol–water partition coefficient (Wildman–Crippen LogP) is 1.88. The van der Waals surface area contributed by atoms with Crippen molar-refractivity contribution in [2.24, 2.45) is 0 Å². The molecule has 100 valence electrons. The van der Waals surface area contributed by atoms with Crippen molar-refractivity contribution in [2.75, 3.05) is 0 Å². The van der Waals surface area contributed by atoms with Gasteiger partial charge < -0.3 is 15.0 Å². The molecule has 0 aliphatic heterocycles. The van der Waals surface area contributed by atoms with Gasteiger partial charge in [-0.15, -0.1) is 0 Å². The smallest absolute Gasteiger partial charge is 0.326 e. The van der Waals surface area contributed by atoms with Crippen molar-refractivity contribution in [3.63, 3.8) is 0 Å². The maximum atomic E-state index is 12.0. The van der Waals surface area contributed by atoms with Gasteiger partial charge in [-0.1, -0.05) is 19.8 Å². The van der Waals surface area contributed by atoms with E-state index in [9.17, 15) is 9.59 Å². The summed E-state index contributed by atoms with van der Waals surface area (Å²) in [6.07, 6.45) is 3.96. The van der Waals surface area contributed by atoms with Gasteiger partial charge in [-0.25, -0.2) is 4.79 Å². The van der Waals surface area contributed by atoms with E-state index >= 15 is 0 Å². The molecule has 0 radical (unpaired) electrons. The first-order valence-corrected chi connectivity index (χ1v) is 6.29. The standard InChI is InChI=1S/C13H20N2O3/c1-3-5-7-10(13(17)18)14-12(16)11-8-6-9-15(11)4-2/h6,8-10H,3-5,7H2,1-2H3,(H,14,16)(H,17,18). The van der Waals surface area contributed by atoms with Gasteiger partial charge in [0, 0.05) is 12.7 Å². The van der Waals surface area contributed by atoms with Crippen molar-refractivity contribution in [1.82, 2.24) is 9.88 Å². The van der Waals surface area contributed by atoms with Crippen LogP contribution in [-0.4, -0.2) is 27.6 Å². The molecule has 2 N–H and O–H groups in total. The molecule has 18 heavy (non-hydrogen) atoms. The summed E-state index contributed by atoms with van der Waals surface area (Å²) in [7, 11) is 0. The van der Waals surface area contributed by atoms with Crippen LogP contribution in [0.4, 0.5) is 0 Å². The lowest BCUT2D eigenvalue weighted by molar-refractivity contribution is -0.139. The number of aryl methyl sites for hydroxylation is 1. The third-order valence-electron chi connectivity index (χ3n) is 2.85. The van der Waals surface area contributed by atoms with Crippen LogP contribution >= 0.6 is 0 Å². The van der Waals surface area contributed by atoms with E-state index < -0.39 is 12.0 Å². The Bertz CT molecular complexity index is 412. The minimum atomic E-state index is -0.980. The first-order chi connectivity index (χ1) is 8.60. The monoisotopic (exact) mass is 252 g/mol. The fourth-order valence-electron chi connectivity index (χ4n) is 1.79. The summed E-state index contributed by atoms with van der Waals surface area (Å²) in [5.74, 6) is -1.31. The number of carbonyl (C=O) groups is 2. The molecule has 0 saturated carbocycles. The Kier molecular flexibility index (Phi) is 5.42. The van der Waals surface area contributed by atoms with Crippen molar-refractivity contribution in [1.29, 1.82) is 0 Å². The van der Waals surface area contributed by atoms with Gasteiger partial charge in [0.1, 0.15) is 11.7 Å². The Morgan fingerprint density at radius 2 is 2.17 bits per heavy atom. The number of aliphatic carboxylic acids is 1. The molecule has 0 spiro atoms. The van der Waals surface area contributed by atoms with Crippen LogP contribution in [0.1, 0.15) is 43.6 Å². The molecule has 1 aromatic heterocycles. The maximum absolute atomic E-state index is 12.0. The Balaban J connectivity index is 2.69. The first kappa shape index (κ1) is 14.3. The minimum absolute atomic E-state index is 0.328. The van der Waals surface area contributed by atoms with Gasteiger partial charge in [0.25, 0.3) is 5.91 Å². The van der Waals surface area contributed by atoms with E-state index in [0.29, 0.717) is 18.7 Å². The van der Waals surface area contributed by atoms with Crippen LogP contribution < -0.4 is 5.32 Å². The van der Waals surface area contributed by atoms with Crippen LogP contribution in [0.25, 0.3) is 0 Å². The van der Waals surface area contributed by atoms with E-state index in [0.717, 1.165) is 12.8 Å². The molecule has 5 nitrogen and oxygen atoms in total. The number of carbonyl (C=O) groups excluding carboxylic acids is 1. The SMILES string of the molecule is CCCCC(NC(=O)c1cccn1CC)C(=O)O. The van der Waals surface area contributed by atoms with Gasteiger partial charge in [-0.05, 0) is 25.5 Å². The van der Waals surface area contributed by atoms with Gasteiger partial charge in [-0.3, -0.25) is 4.79 Å². The number of carboxylic acid groups (broad SMARTS) is 1. The molecule has 1 amide bonds. The number of hydrogen-bond acceptors (Lipinski definition) is 2. The second-order valence-corrected chi connectivity index (χ2v) is 4.19. The molecule has 0 saturated heterocycles. The average molecular weight is 252 g/mol. The number of nitrogens with one attached hydrogen (secondary N) is 1. The van der Waals surface area contributed by atoms with E-state index in [2.05, 4.69) is 5.32 Å². The Morgan fingerprint density at radius 3 is 2.72 bits per heavy atom. The average Bonchev–Trinajstić information content (AvgIpc) is 2.82. The summed E-state index contributed by atoms with van der Waals surface area (Å²) in [4.78, 5) is 23.0. The number of hydrogen-bond donors (Lipinski definition) is 2. The highest BCUT2D eigenvalue weighted by atomic mass is 16.4. The third kappa shape index (κ3) is 3.61. The highest BCUT2D eigenvalue weighted by molar-refractivity contribution is 5.95. The van der Waals surface area contributed by atoms with Crippen LogP contribution in [0.2, 0.25) is 0 Å². The number of aromatic nitrogens is 1. The lowest BCUT2D eigenvalue weighted by Gasteiger charge is -2.14. The van der Waals surface area contributed by atoms with Gasteiger partial charge in [0.2, 0.25) is 0 Å². The Labute approximate surface area is 107 Å². The summed E-state index contributed by atoms with van der Waals surface area (Å²) < 4.78 is 1.79. The summed E-state index contributed by atoms with van der Waals surface area (Å²) in [5.41, 5.74) is 0.500. The Hall–Kier alpha value is -1.78. The summed E-state index contributed by atoms with van der Waals surface area (Å²) in [6, 6.07) is 2.66. The molecule has 1 atom stereocenters. The fraction of sp³-hybridized carbons (Fsp3) is 0.538. The number of rotatable bonds is 7. The minimum Gasteiger partial charge on any atom is -0.480 e. The van der Waals surface area contributed by atoms with Crippen molar-refractivity contribution in [2.45, 2.75) is 45.7 Å². The molecular weight excluding hydrogens is 232 g/mol. The van der Waals surface area contributed by atoms with Crippen molar-refractivity contribution >= 4 is 11.9 Å². The van der Waals surface area contributed by atoms with E-state index in [4.69, 9.17) is 5.11 Å². The molecule has 0 bridgehead atoms. The first-order valence-electron chi connectivity index (χ1n) is 6.29. The molecular formula is C13H20N2O3. The van der Waals surface area contributed by atoms with Gasteiger partial charge in [0.05, 0.1) is 0 Å². The Morgan fingerprint density at radius 1 is 1.44 bits per heavy atom. The molecule has 1 aromatic rings. The zero-order valence-electron chi connectivity index (χ0n) is 10.8. The molecule has 0 aromatic carbocycles. The molecule has 5 heteroatoms. The van der Waals surface area contributed by atoms with Crippen molar-refractivity contribution in [3.05, 3.63) is 24.0 Å². The van der Waals surface area contributed by atoms with Gasteiger partial charge >= 0.3 is 5.97 Å². The number of unbranched alkanes of at least 4 members (excludes halogenated alkanes) is 1. The molecule has 1 unspecified atom stereocenters. The van der Waals surface area contributed by atoms with Crippen LogP contribution in [0.15, 0.2) is 18.3 Å². The second kappa shape index (κ2) is 6.83. The molecule has 1 heterocycles. The van der Waals surface area contributed by atoms with E-state index in [-0.39, 0.29) is 5.91 Å². The quantitative estimate of drug-likeness (QED) is 0.778. The molecule has 0 fully saturated rings. The summed E-state index contributed by atoms with van der Waals surface area (Å²) >= 11 is 0. The highest BCUT2D eigenvalue weighted by Crippen LogP contribution is 2.05. The third-order valence-corrected chi connectivity index (χ3v) is 2.85. The van der Waals surface area contributed by atoms with E-state index in [1.54, 1.807) is 22.9 Å². The molecule has 0 aliphatic rings. The normalized spacial score (nSPS) is 12.1. The predicted molar refractivity (Wildman–Crippen MR) is 68.5 cm³/mol. The number of nitrogens with zero attached hydrogens (tertiary/aromatic N) is 1. The second-order valence-electron chi connectivity index (χ2n) is 4.19. The van der Waals surface area contributed by atoms with E-state index in [1.165, 1.54) is 0 Å². The maximum Gasteiger partial charge on any atom is 0.326 e. The fourth-order valence-corrected chi connectivity index (χ4v) is 1.79. The van der Waals surface area contributed by atoms with Gasteiger partial charge in [0.15, 0.2) is 0 Å². The van der Waals surface area contributed by atoms with Crippen LogP contribution in [0.3, 0.4) is 0 Å². The van der Waals surface area contributed by atoms with E-state index in [1.807, 2.05) is 13.8 Å². The number of carboxylic acids is 1. The topological polar surface area (TPSA) is 71.3 Å². The van der Waals surface area contributed by atoms with Crippen molar-refractivity contribution in [3.8, 4) is 0 Å². The zero-order chi connectivity index (χ0) is 13.5. The van der Waals surface area contributed by atoms with Gasteiger partial charge in [-0.2, -0.15) is 0 Å². The van der Waals surface area contributed by atoms with Crippen LogP contribution in [0, 0.1) is 0 Å². The van der Waals surface area contributed by atoms with Crippen LogP contribution in [-0.2, 0) is 11.3 Å². The highest BCUT2D eigenvalue weighted by Gasteiger charge is 2.21.